The molecule has 1 atom stereocenters. The summed E-state index contributed by atoms with van der Waals surface area (Å²) in [5, 5.41) is 3.51. The van der Waals surface area contributed by atoms with Gasteiger partial charge in [-0.1, -0.05) is 6.92 Å². The fourth-order valence-corrected chi connectivity index (χ4v) is 2.25. The van der Waals surface area contributed by atoms with E-state index in [0.29, 0.717) is 6.04 Å². The molecule has 0 spiro atoms. The summed E-state index contributed by atoms with van der Waals surface area (Å²) in [6, 6.07) is 0.676. The SMILES string of the molecule is COCCCNCC(C)N1CCC(C)CC1. The monoisotopic (exact) mass is 228 g/mol. The van der Waals surface area contributed by atoms with Crippen molar-refractivity contribution in [3.05, 3.63) is 0 Å². The molecule has 0 amide bonds. The largest absolute Gasteiger partial charge is 0.385 e. The first-order chi connectivity index (χ1) is 7.74. The third kappa shape index (κ3) is 5.28. The molecule has 1 aliphatic heterocycles. The van der Waals surface area contributed by atoms with E-state index < -0.39 is 0 Å². The van der Waals surface area contributed by atoms with Crippen LogP contribution < -0.4 is 5.32 Å². The maximum absolute atomic E-state index is 5.03. The van der Waals surface area contributed by atoms with E-state index in [0.717, 1.165) is 32.0 Å². The summed E-state index contributed by atoms with van der Waals surface area (Å²) in [7, 11) is 1.76. The van der Waals surface area contributed by atoms with Crippen LogP contribution in [0.5, 0.6) is 0 Å². The summed E-state index contributed by atoms with van der Waals surface area (Å²) >= 11 is 0. The van der Waals surface area contributed by atoms with Gasteiger partial charge in [0.1, 0.15) is 0 Å². The summed E-state index contributed by atoms with van der Waals surface area (Å²) in [4.78, 5) is 2.61. The standard InChI is InChI=1S/C13H28N2O/c1-12-5-8-15(9-6-12)13(2)11-14-7-4-10-16-3/h12-14H,4-11H2,1-3H3. The molecule has 0 saturated carbocycles. The Kier molecular flexibility index (Phi) is 7.01. The van der Waals surface area contributed by atoms with Crippen LogP contribution >= 0.6 is 0 Å². The molecule has 0 aromatic heterocycles. The third-order valence-electron chi connectivity index (χ3n) is 3.58. The number of likely N-dealkylation sites (tertiary alicyclic amines) is 1. The molecule has 1 aliphatic rings. The Morgan fingerprint density at radius 2 is 2.06 bits per heavy atom. The van der Waals surface area contributed by atoms with Crippen LogP contribution in [0.4, 0.5) is 0 Å². The molecular weight excluding hydrogens is 200 g/mol. The predicted molar refractivity (Wildman–Crippen MR) is 68.8 cm³/mol. The Labute approximate surface area is 101 Å². The number of nitrogens with zero attached hydrogens (tertiary/aromatic N) is 1. The van der Waals surface area contributed by atoms with E-state index >= 15 is 0 Å². The van der Waals surface area contributed by atoms with Crippen molar-refractivity contribution >= 4 is 0 Å². The van der Waals surface area contributed by atoms with Crippen LogP contribution in [0.3, 0.4) is 0 Å². The molecule has 16 heavy (non-hydrogen) atoms. The van der Waals surface area contributed by atoms with Gasteiger partial charge in [0.25, 0.3) is 0 Å². The first-order valence-electron chi connectivity index (χ1n) is 6.67. The topological polar surface area (TPSA) is 24.5 Å². The van der Waals surface area contributed by atoms with Gasteiger partial charge in [-0.3, -0.25) is 4.90 Å². The average Bonchev–Trinajstić information content (AvgIpc) is 2.29. The highest BCUT2D eigenvalue weighted by atomic mass is 16.5. The third-order valence-corrected chi connectivity index (χ3v) is 3.58. The molecule has 1 rings (SSSR count). The van der Waals surface area contributed by atoms with Crippen LogP contribution in [0.1, 0.15) is 33.1 Å². The number of ether oxygens (including phenoxy) is 1. The van der Waals surface area contributed by atoms with Crippen LogP contribution in [0, 0.1) is 5.92 Å². The van der Waals surface area contributed by atoms with Gasteiger partial charge in [0.2, 0.25) is 0 Å². The normalized spacial score (nSPS) is 21.2. The van der Waals surface area contributed by atoms with Crippen molar-refractivity contribution in [3.8, 4) is 0 Å². The quantitative estimate of drug-likeness (QED) is 0.672. The average molecular weight is 228 g/mol. The van der Waals surface area contributed by atoms with E-state index in [4.69, 9.17) is 4.74 Å². The van der Waals surface area contributed by atoms with Gasteiger partial charge in [0, 0.05) is 26.3 Å². The summed E-state index contributed by atoms with van der Waals surface area (Å²) < 4.78 is 5.03. The highest BCUT2D eigenvalue weighted by molar-refractivity contribution is 4.75. The minimum absolute atomic E-state index is 0.676. The zero-order chi connectivity index (χ0) is 11.8. The first kappa shape index (κ1) is 13.9. The fourth-order valence-electron chi connectivity index (χ4n) is 2.25. The van der Waals surface area contributed by atoms with E-state index in [2.05, 4.69) is 24.1 Å². The van der Waals surface area contributed by atoms with Crippen molar-refractivity contribution in [1.82, 2.24) is 10.2 Å². The van der Waals surface area contributed by atoms with Crippen molar-refractivity contribution in [2.24, 2.45) is 5.92 Å². The summed E-state index contributed by atoms with van der Waals surface area (Å²) in [6.07, 6.45) is 3.85. The fraction of sp³-hybridized carbons (Fsp3) is 1.00. The van der Waals surface area contributed by atoms with E-state index in [1.54, 1.807) is 7.11 Å². The molecule has 3 heteroatoms. The second-order valence-electron chi connectivity index (χ2n) is 5.12. The maximum atomic E-state index is 5.03. The summed E-state index contributed by atoms with van der Waals surface area (Å²) in [5.74, 6) is 0.929. The van der Waals surface area contributed by atoms with Crippen LogP contribution in [-0.4, -0.2) is 50.8 Å². The lowest BCUT2D eigenvalue weighted by molar-refractivity contribution is 0.143. The summed E-state index contributed by atoms with van der Waals surface area (Å²) in [6.45, 7) is 10.3. The van der Waals surface area contributed by atoms with Crippen molar-refractivity contribution in [1.29, 1.82) is 0 Å². The molecule has 1 saturated heterocycles. The zero-order valence-corrected chi connectivity index (χ0v) is 11.2. The Hall–Kier alpha value is -0.120. The van der Waals surface area contributed by atoms with Gasteiger partial charge >= 0.3 is 0 Å². The van der Waals surface area contributed by atoms with Gasteiger partial charge in [-0.15, -0.1) is 0 Å². The van der Waals surface area contributed by atoms with E-state index in [1.165, 1.54) is 25.9 Å². The van der Waals surface area contributed by atoms with Crippen molar-refractivity contribution in [3.63, 3.8) is 0 Å². The lowest BCUT2D eigenvalue weighted by Crippen LogP contribution is -2.44. The van der Waals surface area contributed by atoms with Crippen LogP contribution in [0.15, 0.2) is 0 Å². The zero-order valence-electron chi connectivity index (χ0n) is 11.2. The molecule has 0 aliphatic carbocycles. The predicted octanol–water partition coefficient (Wildman–Crippen LogP) is 1.73. The molecule has 0 radical (unpaired) electrons. The number of rotatable bonds is 7. The van der Waals surface area contributed by atoms with Gasteiger partial charge in [-0.2, -0.15) is 0 Å². The minimum Gasteiger partial charge on any atom is -0.385 e. The molecular formula is C13H28N2O. The number of methoxy groups -OCH3 is 1. The molecule has 1 N–H and O–H groups in total. The second-order valence-corrected chi connectivity index (χ2v) is 5.12. The maximum Gasteiger partial charge on any atom is 0.0474 e. The van der Waals surface area contributed by atoms with Crippen LogP contribution in [-0.2, 0) is 4.74 Å². The molecule has 96 valence electrons. The highest BCUT2D eigenvalue weighted by Gasteiger charge is 2.19. The smallest absolute Gasteiger partial charge is 0.0474 e. The van der Waals surface area contributed by atoms with Gasteiger partial charge in [0.15, 0.2) is 0 Å². The Bertz CT molecular complexity index is 167. The van der Waals surface area contributed by atoms with Gasteiger partial charge in [-0.05, 0) is 51.7 Å². The van der Waals surface area contributed by atoms with Crippen LogP contribution in [0.25, 0.3) is 0 Å². The molecule has 0 aromatic rings. The molecule has 0 aromatic carbocycles. The van der Waals surface area contributed by atoms with Gasteiger partial charge in [-0.25, -0.2) is 0 Å². The minimum atomic E-state index is 0.676. The molecule has 0 bridgehead atoms. The van der Waals surface area contributed by atoms with Crippen molar-refractivity contribution in [2.75, 3.05) is 39.9 Å². The Morgan fingerprint density at radius 1 is 1.38 bits per heavy atom. The molecule has 3 nitrogen and oxygen atoms in total. The lowest BCUT2D eigenvalue weighted by atomic mass is 9.98. The van der Waals surface area contributed by atoms with E-state index in [1.807, 2.05) is 0 Å². The Morgan fingerprint density at radius 3 is 2.69 bits per heavy atom. The molecule has 1 fully saturated rings. The number of nitrogens with one attached hydrogen (secondary N) is 1. The van der Waals surface area contributed by atoms with Crippen molar-refractivity contribution < 1.29 is 4.74 Å². The molecule has 1 unspecified atom stereocenters. The van der Waals surface area contributed by atoms with Crippen molar-refractivity contribution in [2.45, 2.75) is 39.2 Å². The van der Waals surface area contributed by atoms with E-state index in [-0.39, 0.29) is 0 Å². The van der Waals surface area contributed by atoms with Gasteiger partial charge in [0.05, 0.1) is 0 Å². The lowest BCUT2D eigenvalue weighted by Gasteiger charge is -2.35. The molecule has 1 heterocycles. The van der Waals surface area contributed by atoms with Gasteiger partial charge < -0.3 is 10.1 Å². The number of hydrogen-bond acceptors (Lipinski definition) is 3. The summed E-state index contributed by atoms with van der Waals surface area (Å²) in [5.41, 5.74) is 0. The Balaban J connectivity index is 2.03. The number of piperidine rings is 1. The highest BCUT2D eigenvalue weighted by Crippen LogP contribution is 2.17. The first-order valence-corrected chi connectivity index (χ1v) is 6.67. The number of hydrogen-bond donors (Lipinski definition) is 1. The second kappa shape index (κ2) is 8.04. The van der Waals surface area contributed by atoms with Crippen LogP contribution in [0.2, 0.25) is 0 Å². The van der Waals surface area contributed by atoms with E-state index in [9.17, 15) is 0 Å².